The number of hydrogen-bond acceptors (Lipinski definition) is 5. The number of esters is 1. The summed E-state index contributed by atoms with van der Waals surface area (Å²) in [5.41, 5.74) is 0.401. The number of rotatable bonds is 4. The second-order valence-corrected chi connectivity index (χ2v) is 9.91. The first kappa shape index (κ1) is 21.7. The lowest BCUT2D eigenvalue weighted by atomic mass is 10.1. The Bertz CT molecular complexity index is 1210. The lowest BCUT2D eigenvalue weighted by Crippen LogP contribution is -2.26. The lowest BCUT2D eigenvalue weighted by molar-refractivity contribution is 0.0703. The molecule has 0 fully saturated rings. The largest absolute Gasteiger partial charge is 0.403 e. The third kappa shape index (κ3) is 4.14. The van der Waals surface area contributed by atoms with Crippen molar-refractivity contribution in [3.05, 3.63) is 71.2 Å². The predicted molar refractivity (Wildman–Crippen MR) is 110 cm³/mol. The van der Waals surface area contributed by atoms with Gasteiger partial charge in [0.1, 0.15) is 5.82 Å². The molecular weight excluding hydrogens is 407 g/mol. The molecule has 8 heteroatoms. The van der Waals surface area contributed by atoms with Crippen molar-refractivity contribution < 1.29 is 22.3 Å². The quantitative estimate of drug-likeness (QED) is 0.572. The van der Waals surface area contributed by atoms with Crippen molar-refractivity contribution in [3.8, 4) is 5.88 Å². The average Bonchev–Trinajstić information content (AvgIpc) is 2.99. The molecule has 0 spiro atoms. The van der Waals surface area contributed by atoms with E-state index in [1.165, 1.54) is 35.0 Å². The van der Waals surface area contributed by atoms with Crippen LogP contribution in [0.3, 0.4) is 0 Å². The van der Waals surface area contributed by atoms with E-state index in [1.807, 2.05) is 6.92 Å². The Morgan fingerprint density at radius 1 is 1.07 bits per heavy atom. The number of sulfone groups is 1. The number of aromatic nitrogens is 2. The van der Waals surface area contributed by atoms with Gasteiger partial charge in [-0.2, -0.15) is 5.10 Å². The molecule has 0 atom stereocenters. The molecule has 1 aromatic heterocycles. The molecule has 0 amide bonds. The van der Waals surface area contributed by atoms with Crippen molar-refractivity contribution >= 4 is 15.8 Å². The summed E-state index contributed by atoms with van der Waals surface area (Å²) in [7, 11) is -4.03. The highest BCUT2D eigenvalue weighted by Gasteiger charge is 2.34. The fraction of sp³-hybridized carbons (Fsp3) is 0.273. The first-order valence-corrected chi connectivity index (χ1v) is 10.8. The minimum atomic E-state index is -4.03. The van der Waals surface area contributed by atoms with Gasteiger partial charge >= 0.3 is 5.97 Å². The molecule has 0 saturated carbocycles. The first-order valence-electron chi connectivity index (χ1n) is 9.31. The number of nitrogens with zero attached hydrogens (tertiary/aromatic N) is 2. The fourth-order valence-corrected chi connectivity index (χ4v) is 4.46. The van der Waals surface area contributed by atoms with E-state index >= 15 is 0 Å². The highest BCUT2D eigenvalue weighted by molar-refractivity contribution is 7.91. The Morgan fingerprint density at radius 3 is 2.27 bits per heavy atom. The summed E-state index contributed by atoms with van der Waals surface area (Å²) in [4.78, 5) is 12.6. The minimum Gasteiger partial charge on any atom is -0.403 e. The van der Waals surface area contributed by atoms with E-state index in [1.54, 1.807) is 39.8 Å². The number of hydrogen-bond donors (Lipinski definition) is 0. The van der Waals surface area contributed by atoms with Gasteiger partial charge in [0.25, 0.3) is 0 Å². The van der Waals surface area contributed by atoms with Crippen molar-refractivity contribution in [2.24, 2.45) is 0 Å². The average molecular weight is 431 g/mol. The minimum absolute atomic E-state index is 0.0343. The van der Waals surface area contributed by atoms with Crippen LogP contribution in [0.25, 0.3) is 0 Å². The molecule has 3 aromatic rings. The zero-order valence-corrected chi connectivity index (χ0v) is 18.2. The van der Waals surface area contributed by atoms with Gasteiger partial charge in [-0.15, -0.1) is 0 Å². The third-order valence-electron chi connectivity index (χ3n) is 4.45. The van der Waals surface area contributed by atoms with E-state index in [9.17, 15) is 17.6 Å². The normalized spacial score (nSPS) is 12.1. The van der Waals surface area contributed by atoms with Gasteiger partial charge in [-0.25, -0.2) is 22.3 Å². The SMILES string of the molecule is Cc1ccc(S(=O)(=O)c2c(C)nn(C(C)(C)C)c2OC(=O)c2cccc(F)c2)cc1. The van der Waals surface area contributed by atoms with Crippen molar-refractivity contribution in [1.29, 1.82) is 0 Å². The van der Waals surface area contributed by atoms with Gasteiger partial charge in [-0.1, -0.05) is 23.8 Å². The number of benzene rings is 2. The van der Waals surface area contributed by atoms with Crippen molar-refractivity contribution in [3.63, 3.8) is 0 Å². The molecule has 0 saturated heterocycles. The van der Waals surface area contributed by atoms with Crippen LogP contribution in [0.2, 0.25) is 0 Å². The molecule has 0 bridgehead atoms. The lowest BCUT2D eigenvalue weighted by Gasteiger charge is -2.22. The van der Waals surface area contributed by atoms with E-state index in [0.29, 0.717) is 0 Å². The Kier molecular flexibility index (Phi) is 5.56. The molecule has 30 heavy (non-hydrogen) atoms. The monoisotopic (exact) mass is 430 g/mol. The van der Waals surface area contributed by atoms with Gasteiger partial charge in [0.2, 0.25) is 15.7 Å². The summed E-state index contributed by atoms with van der Waals surface area (Å²) in [5, 5.41) is 4.34. The van der Waals surface area contributed by atoms with Gasteiger partial charge in [-0.05, 0) is 65.0 Å². The summed E-state index contributed by atoms with van der Waals surface area (Å²) in [6.45, 7) is 8.82. The van der Waals surface area contributed by atoms with Crippen molar-refractivity contribution in [2.45, 2.75) is 49.9 Å². The van der Waals surface area contributed by atoms with E-state index in [0.717, 1.165) is 11.6 Å². The Morgan fingerprint density at radius 2 is 1.70 bits per heavy atom. The molecule has 0 radical (unpaired) electrons. The fourth-order valence-electron chi connectivity index (χ4n) is 2.94. The van der Waals surface area contributed by atoms with Crippen molar-refractivity contribution in [1.82, 2.24) is 9.78 Å². The number of halogens is 1. The van der Waals surface area contributed by atoms with Gasteiger partial charge < -0.3 is 4.74 Å². The predicted octanol–water partition coefficient (Wildman–Crippen LogP) is 4.45. The molecule has 0 aliphatic carbocycles. The van der Waals surface area contributed by atoms with Crippen LogP contribution in [0.1, 0.15) is 42.4 Å². The Hall–Kier alpha value is -3.00. The third-order valence-corrected chi connectivity index (χ3v) is 6.35. The Balaban J connectivity index is 2.18. The first-order chi connectivity index (χ1) is 13.9. The maximum Gasteiger partial charge on any atom is 0.344 e. The zero-order valence-electron chi connectivity index (χ0n) is 17.4. The van der Waals surface area contributed by atoms with E-state index < -0.39 is 27.2 Å². The molecular formula is C22H23FN2O4S. The second kappa shape index (κ2) is 7.68. The molecule has 158 valence electrons. The number of carbonyl (C=O) groups excluding carboxylic acids is 1. The molecule has 6 nitrogen and oxygen atoms in total. The van der Waals surface area contributed by atoms with E-state index in [-0.39, 0.29) is 26.9 Å². The summed E-state index contributed by atoms with van der Waals surface area (Å²) in [5.74, 6) is -1.67. The van der Waals surface area contributed by atoms with Crippen LogP contribution in [0.15, 0.2) is 58.3 Å². The molecule has 3 rings (SSSR count). The molecule has 0 aliphatic heterocycles. The van der Waals surface area contributed by atoms with Gasteiger partial charge in [-0.3, -0.25) is 0 Å². The maximum absolute atomic E-state index is 13.5. The van der Waals surface area contributed by atoms with Crippen LogP contribution in [0.5, 0.6) is 5.88 Å². The van der Waals surface area contributed by atoms with Crippen LogP contribution in [0.4, 0.5) is 4.39 Å². The Labute approximate surface area is 175 Å². The molecule has 0 N–H and O–H groups in total. The summed E-state index contributed by atoms with van der Waals surface area (Å²) >= 11 is 0. The number of ether oxygens (including phenoxy) is 1. The highest BCUT2D eigenvalue weighted by Crippen LogP contribution is 2.36. The van der Waals surface area contributed by atoms with Crippen molar-refractivity contribution in [2.75, 3.05) is 0 Å². The van der Waals surface area contributed by atoms with Crippen LogP contribution < -0.4 is 4.74 Å². The molecule has 0 unspecified atom stereocenters. The van der Waals surface area contributed by atoms with E-state index in [2.05, 4.69) is 5.10 Å². The smallest absolute Gasteiger partial charge is 0.344 e. The molecule has 1 heterocycles. The molecule has 2 aromatic carbocycles. The topological polar surface area (TPSA) is 78.3 Å². The second-order valence-electron chi connectivity index (χ2n) is 8.02. The standard InChI is InChI=1S/C22H23FN2O4S/c1-14-9-11-18(12-10-14)30(27,28)19-15(2)24-25(22(3,4)5)20(19)29-21(26)16-7-6-8-17(23)13-16/h6-13H,1-5H3. The maximum atomic E-state index is 13.5. The number of carbonyl (C=O) groups is 1. The van der Waals surface area contributed by atoms with E-state index in [4.69, 9.17) is 4.74 Å². The van der Waals surface area contributed by atoms with Gasteiger partial charge in [0, 0.05) is 0 Å². The van der Waals surface area contributed by atoms with Crippen LogP contribution >= 0.6 is 0 Å². The zero-order chi connectivity index (χ0) is 22.3. The highest BCUT2D eigenvalue weighted by atomic mass is 32.2. The van der Waals surface area contributed by atoms with Crippen LogP contribution in [0, 0.1) is 19.7 Å². The van der Waals surface area contributed by atoms with Crippen LogP contribution in [-0.4, -0.2) is 24.2 Å². The summed E-state index contributed by atoms with van der Waals surface area (Å²) < 4.78 is 47.2. The van der Waals surface area contributed by atoms with Gasteiger partial charge in [0.15, 0.2) is 4.90 Å². The number of aryl methyl sites for hydroxylation is 2. The summed E-state index contributed by atoms with van der Waals surface area (Å²) in [6, 6.07) is 11.4. The van der Waals surface area contributed by atoms with Crippen LogP contribution in [-0.2, 0) is 15.4 Å². The van der Waals surface area contributed by atoms with Gasteiger partial charge in [0.05, 0.1) is 21.7 Å². The molecule has 0 aliphatic rings. The summed E-state index contributed by atoms with van der Waals surface area (Å²) in [6.07, 6.45) is 0.